The van der Waals surface area contributed by atoms with Crippen molar-refractivity contribution in [1.82, 2.24) is 9.55 Å². The van der Waals surface area contributed by atoms with E-state index in [0.717, 1.165) is 11.2 Å². The van der Waals surface area contributed by atoms with E-state index < -0.39 is 0 Å². The maximum atomic E-state index is 11.6. The van der Waals surface area contributed by atoms with Gasteiger partial charge in [0.05, 0.1) is 11.0 Å². The molecule has 0 amide bonds. The van der Waals surface area contributed by atoms with E-state index in [1.54, 1.807) is 7.05 Å². The molecule has 0 aliphatic carbocycles. The summed E-state index contributed by atoms with van der Waals surface area (Å²) in [4.78, 5) is 15.9. The summed E-state index contributed by atoms with van der Waals surface area (Å²) in [6, 6.07) is 7.08. The van der Waals surface area contributed by atoms with Crippen LogP contribution in [0.2, 0.25) is 0 Å². The Balaban J connectivity index is 2.99. The van der Waals surface area contributed by atoms with Crippen LogP contribution >= 0.6 is 0 Å². The fourth-order valence-electron chi connectivity index (χ4n) is 1.53. The van der Waals surface area contributed by atoms with Gasteiger partial charge in [-0.3, -0.25) is 9.78 Å². The maximum absolute atomic E-state index is 11.6. The van der Waals surface area contributed by atoms with Crippen molar-refractivity contribution >= 4 is 11.0 Å². The molecule has 2 aromatic heterocycles. The molecular weight excluding hydrogens is 190 g/mol. The van der Waals surface area contributed by atoms with Crippen LogP contribution in [0.3, 0.4) is 0 Å². The van der Waals surface area contributed by atoms with Crippen LogP contribution in [0.4, 0.5) is 0 Å². The lowest BCUT2D eigenvalue weighted by molar-refractivity contribution is 0.897. The Morgan fingerprint density at radius 3 is 2.87 bits per heavy atom. The third-order valence-corrected chi connectivity index (χ3v) is 2.34. The number of hydrogen-bond donors (Lipinski definition) is 0. The number of nitrogens with zero attached hydrogens (tertiary/aromatic N) is 3. The topological polar surface area (TPSA) is 58.7 Å². The molecule has 0 aliphatic rings. The zero-order valence-corrected chi connectivity index (χ0v) is 8.48. The molecule has 2 heterocycles. The highest BCUT2D eigenvalue weighted by atomic mass is 16.1. The van der Waals surface area contributed by atoms with E-state index in [1.165, 1.54) is 10.6 Å². The Morgan fingerprint density at radius 1 is 1.47 bits per heavy atom. The molecule has 2 rings (SSSR count). The molecule has 0 atom stereocenters. The van der Waals surface area contributed by atoms with Crippen molar-refractivity contribution in [2.75, 3.05) is 0 Å². The second kappa shape index (κ2) is 3.21. The Labute approximate surface area is 86.4 Å². The van der Waals surface area contributed by atoms with Gasteiger partial charge in [-0.1, -0.05) is 0 Å². The van der Waals surface area contributed by atoms with Crippen LogP contribution < -0.4 is 5.56 Å². The fraction of sp³-hybridized carbons (Fsp3) is 0.182. The van der Waals surface area contributed by atoms with Crippen molar-refractivity contribution in [3.63, 3.8) is 0 Å². The summed E-state index contributed by atoms with van der Waals surface area (Å²) < 4.78 is 1.44. The number of hydrogen-bond acceptors (Lipinski definition) is 3. The molecule has 0 bridgehead atoms. The van der Waals surface area contributed by atoms with Crippen molar-refractivity contribution in [2.24, 2.45) is 7.05 Å². The molecule has 0 N–H and O–H groups in total. The van der Waals surface area contributed by atoms with Crippen LogP contribution in [0.25, 0.3) is 11.0 Å². The lowest BCUT2D eigenvalue weighted by atomic mass is 10.2. The number of rotatable bonds is 0. The SMILES string of the molecule is Cc1ccc2c(cc(C#N)c(=O)n2C)n1. The van der Waals surface area contributed by atoms with Crippen LogP contribution in [0, 0.1) is 18.3 Å². The molecule has 0 unspecified atom stereocenters. The van der Waals surface area contributed by atoms with E-state index in [0.29, 0.717) is 5.52 Å². The first-order valence-corrected chi connectivity index (χ1v) is 4.51. The zero-order chi connectivity index (χ0) is 11.0. The van der Waals surface area contributed by atoms with Gasteiger partial charge < -0.3 is 4.57 Å². The van der Waals surface area contributed by atoms with Gasteiger partial charge >= 0.3 is 0 Å². The minimum Gasteiger partial charge on any atom is -0.309 e. The first-order chi connectivity index (χ1) is 7.13. The van der Waals surface area contributed by atoms with Gasteiger partial charge in [0.25, 0.3) is 5.56 Å². The van der Waals surface area contributed by atoms with Gasteiger partial charge in [-0.2, -0.15) is 5.26 Å². The molecule has 2 aromatic rings. The quantitative estimate of drug-likeness (QED) is 0.638. The maximum Gasteiger partial charge on any atom is 0.268 e. The Hall–Kier alpha value is -2.15. The summed E-state index contributed by atoms with van der Waals surface area (Å²) in [5, 5.41) is 8.78. The number of fused-ring (bicyclic) bond motifs is 1. The molecule has 4 nitrogen and oxygen atoms in total. The number of aryl methyl sites for hydroxylation is 2. The molecule has 74 valence electrons. The fourth-order valence-corrected chi connectivity index (χ4v) is 1.53. The van der Waals surface area contributed by atoms with Gasteiger partial charge in [-0.25, -0.2) is 0 Å². The second-order valence-electron chi connectivity index (χ2n) is 3.39. The average molecular weight is 199 g/mol. The Kier molecular flexibility index (Phi) is 2.01. The summed E-state index contributed by atoms with van der Waals surface area (Å²) >= 11 is 0. The molecule has 0 saturated carbocycles. The summed E-state index contributed by atoms with van der Waals surface area (Å²) in [6.07, 6.45) is 0. The minimum absolute atomic E-state index is 0.128. The van der Waals surface area contributed by atoms with Crippen LogP contribution in [-0.2, 0) is 7.05 Å². The smallest absolute Gasteiger partial charge is 0.268 e. The molecule has 0 radical (unpaired) electrons. The molecule has 0 aliphatic heterocycles. The van der Waals surface area contributed by atoms with Crippen molar-refractivity contribution in [2.45, 2.75) is 6.92 Å². The Morgan fingerprint density at radius 2 is 2.20 bits per heavy atom. The summed E-state index contributed by atoms with van der Waals surface area (Å²) in [6.45, 7) is 1.87. The summed E-state index contributed by atoms with van der Waals surface area (Å²) in [7, 11) is 1.64. The molecule has 15 heavy (non-hydrogen) atoms. The Bertz CT molecular complexity index is 635. The molecule has 0 spiro atoms. The van der Waals surface area contributed by atoms with Crippen molar-refractivity contribution in [3.05, 3.63) is 39.8 Å². The van der Waals surface area contributed by atoms with E-state index in [-0.39, 0.29) is 11.1 Å². The number of pyridine rings is 2. The predicted octanol–water partition coefficient (Wildman–Crippen LogP) is 1.11. The monoisotopic (exact) mass is 199 g/mol. The molecule has 0 saturated heterocycles. The lowest BCUT2D eigenvalue weighted by Crippen LogP contribution is -2.20. The highest BCUT2D eigenvalue weighted by molar-refractivity contribution is 5.76. The van der Waals surface area contributed by atoms with Crippen molar-refractivity contribution in [1.29, 1.82) is 5.26 Å². The van der Waals surface area contributed by atoms with Crippen molar-refractivity contribution < 1.29 is 0 Å². The van der Waals surface area contributed by atoms with Crippen LogP contribution in [0.15, 0.2) is 23.0 Å². The van der Waals surface area contributed by atoms with Gasteiger partial charge in [0.2, 0.25) is 0 Å². The predicted molar refractivity (Wildman–Crippen MR) is 56.4 cm³/mol. The molecule has 0 aromatic carbocycles. The highest BCUT2D eigenvalue weighted by Crippen LogP contribution is 2.10. The normalized spacial score (nSPS) is 10.2. The second-order valence-corrected chi connectivity index (χ2v) is 3.39. The van der Waals surface area contributed by atoms with E-state index in [9.17, 15) is 4.79 Å². The minimum atomic E-state index is -0.282. The standard InChI is InChI=1S/C11H9N3O/c1-7-3-4-10-9(13-7)5-8(6-12)11(15)14(10)2/h3-5H,1-2H3. The average Bonchev–Trinajstić information content (AvgIpc) is 2.23. The first-order valence-electron chi connectivity index (χ1n) is 4.51. The third-order valence-electron chi connectivity index (χ3n) is 2.34. The first kappa shape index (κ1) is 9.41. The lowest BCUT2D eigenvalue weighted by Gasteiger charge is -2.04. The van der Waals surface area contributed by atoms with Gasteiger partial charge in [-0.15, -0.1) is 0 Å². The summed E-state index contributed by atoms with van der Waals surface area (Å²) in [5.74, 6) is 0. The largest absolute Gasteiger partial charge is 0.309 e. The van der Waals surface area contributed by atoms with Crippen LogP contribution in [0.1, 0.15) is 11.3 Å². The molecular formula is C11H9N3O. The van der Waals surface area contributed by atoms with E-state index >= 15 is 0 Å². The van der Waals surface area contributed by atoms with Gasteiger partial charge in [-0.05, 0) is 25.1 Å². The van der Waals surface area contributed by atoms with Crippen LogP contribution in [0.5, 0.6) is 0 Å². The third kappa shape index (κ3) is 1.38. The van der Waals surface area contributed by atoms with Crippen molar-refractivity contribution in [3.8, 4) is 6.07 Å². The molecule has 0 fully saturated rings. The van der Waals surface area contributed by atoms with Gasteiger partial charge in [0, 0.05) is 12.7 Å². The van der Waals surface area contributed by atoms with E-state index in [4.69, 9.17) is 5.26 Å². The van der Waals surface area contributed by atoms with E-state index in [1.807, 2.05) is 25.1 Å². The van der Waals surface area contributed by atoms with Gasteiger partial charge in [0.1, 0.15) is 11.6 Å². The van der Waals surface area contributed by atoms with Crippen LogP contribution in [-0.4, -0.2) is 9.55 Å². The highest BCUT2D eigenvalue weighted by Gasteiger charge is 2.06. The number of nitriles is 1. The van der Waals surface area contributed by atoms with E-state index in [2.05, 4.69) is 4.98 Å². The summed E-state index contributed by atoms with van der Waals surface area (Å²) in [5.41, 5.74) is 2.13. The molecule has 4 heteroatoms. The zero-order valence-electron chi connectivity index (χ0n) is 8.48. The van der Waals surface area contributed by atoms with Gasteiger partial charge in [0.15, 0.2) is 0 Å². The number of aromatic nitrogens is 2.